The third kappa shape index (κ3) is 3.09. The van der Waals surface area contributed by atoms with Gasteiger partial charge in [-0.05, 0) is 47.0 Å². The molecule has 4 aromatic rings. The Morgan fingerprint density at radius 3 is 2.86 bits per heavy atom. The van der Waals surface area contributed by atoms with Gasteiger partial charge < -0.3 is 9.84 Å². The topological polar surface area (TPSA) is 42.4 Å². The molecule has 0 bridgehead atoms. The second-order valence-corrected chi connectivity index (χ2v) is 7.75. The van der Waals surface area contributed by atoms with Gasteiger partial charge in [-0.25, -0.2) is 9.37 Å². The monoisotopic (exact) mass is 389 g/mol. The van der Waals surface area contributed by atoms with Gasteiger partial charge in [-0.1, -0.05) is 36.4 Å². The Labute approximate surface area is 165 Å². The largest absolute Gasteiger partial charge is 0.488 e. The molecule has 5 heteroatoms. The quantitative estimate of drug-likeness (QED) is 0.487. The number of rotatable bonds is 2. The van der Waals surface area contributed by atoms with Gasteiger partial charge in [0.1, 0.15) is 29.3 Å². The number of thiazole rings is 1. The van der Waals surface area contributed by atoms with Crippen LogP contribution in [0.15, 0.2) is 60.7 Å². The molecule has 0 saturated heterocycles. The van der Waals surface area contributed by atoms with E-state index >= 15 is 0 Å². The van der Waals surface area contributed by atoms with E-state index in [9.17, 15) is 9.50 Å². The Balaban J connectivity index is 1.48. The maximum Gasteiger partial charge on any atom is 0.126 e. The van der Waals surface area contributed by atoms with E-state index < -0.39 is 6.10 Å². The van der Waals surface area contributed by atoms with Crippen molar-refractivity contribution in [2.45, 2.75) is 12.7 Å². The predicted octanol–water partition coefficient (Wildman–Crippen LogP) is 5.58. The van der Waals surface area contributed by atoms with E-state index in [4.69, 9.17) is 4.74 Å². The number of fused-ring (bicyclic) bond motifs is 3. The average Bonchev–Trinajstić information content (AvgIpc) is 3.06. The number of aliphatic hydroxyl groups excluding tert-OH is 1. The van der Waals surface area contributed by atoms with E-state index in [-0.39, 0.29) is 5.82 Å². The van der Waals surface area contributed by atoms with Crippen LogP contribution in [0.1, 0.15) is 33.4 Å². The fraction of sp³-hybridized carbons (Fsp3) is 0.0870. The molecule has 1 atom stereocenters. The summed E-state index contributed by atoms with van der Waals surface area (Å²) < 4.78 is 20.2. The molecule has 1 N–H and O–H groups in total. The highest BCUT2D eigenvalue weighted by Gasteiger charge is 2.22. The minimum atomic E-state index is -0.729. The molecule has 0 fully saturated rings. The van der Waals surface area contributed by atoms with E-state index in [2.05, 4.69) is 4.98 Å². The molecule has 1 unspecified atom stereocenters. The van der Waals surface area contributed by atoms with Gasteiger partial charge in [0, 0.05) is 11.6 Å². The molecule has 0 amide bonds. The fourth-order valence-corrected chi connectivity index (χ4v) is 4.28. The van der Waals surface area contributed by atoms with Crippen LogP contribution < -0.4 is 4.74 Å². The normalized spacial score (nSPS) is 15.9. The van der Waals surface area contributed by atoms with Crippen LogP contribution in [-0.2, 0) is 6.61 Å². The summed E-state index contributed by atoms with van der Waals surface area (Å²) >= 11 is 1.51. The smallest absolute Gasteiger partial charge is 0.126 e. The fourth-order valence-electron chi connectivity index (χ4n) is 3.43. The van der Waals surface area contributed by atoms with E-state index in [1.54, 1.807) is 6.07 Å². The average molecular weight is 389 g/mol. The van der Waals surface area contributed by atoms with E-state index in [1.165, 1.54) is 23.5 Å². The van der Waals surface area contributed by atoms with E-state index in [0.29, 0.717) is 17.9 Å². The van der Waals surface area contributed by atoms with Crippen molar-refractivity contribution in [3.8, 4) is 5.75 Å². The number of hydrogen-bond donors (Lipinski definition) is 1. The van der Waals surface area contributed by atoms with Gasteiger partial charge in [0.25, 0.3) is 0 Å². The second kappa shape index (κ2) is 6.86. The molecule has 0 spiro atoms. The maximum atomic E-state index is 13.3. The van der Waals surface area contributed by atoms with Crippen LogP contribution in [0.2, 0.25) is 0 Å². The summed E-state index contributed by atoms with van der Waals surface area (Å²) in [5.74, 6) is 0.407. The zero-order valence-electron chi connectivity index (χ0n) is 14.8. The lowest BCUT2D eigenvalue weighted by molar-refractivity contribution is 0.218. The number of benzene rings is 3. The van der Waals surface area contributed by atoms with Crippen molar-refractivity contribution in [2.75, 3.05) is 0 Å². The maximum absolute atomic E-state index is 13.3. The summed E-state index contributed by atoms with van der Waals surface area (Å²) in [6.45, 7) is 0.442. The van der Waals surface area contributed by atoms with Crippen LogP contribution in [0.4, 0.5) is 4.39 Å². The van der Waals surface area contributed by atoms with Crippen LogP contribution in [-0.4, -0.2) is 10.1 Å². The zero-order valence-corrected chi connectivity index (χ0v) is 15.6. The molecule has 0 aliphatic carbocycles. The van der Waals surface area contributed by atoms with Gasteiger partial charge in [-0.2, -0.15) is 0 Å². The molecule has 3 nitrogen and oxygen atoms in total. The second-order valence-electron chi connectivity index (χ2n) is 6.68. The van der Waals surface area contributed by atoms with E-state index in [0.717, 1.165) is 32.0 Å². The molecule has 3 aromatic carbocycles. The molecule has 2 heterocycles. The van der Waals surface area contributed by atoms with Crippen LogP contribution >= 0.6 is 11.3 Å². The summed E-state index contributed by atoms with van der Waals surface area (Å²) in [4.78, 5) is 4.45. The molecule has 138 valence electrons. The van der Waals surface area contributed by atoms with Crippen molar-refractivity contribution in [3.05, 3.63) is 93.7 Å². The number of ether oxygens (including phenoxy) is 1. The minimum Gasteiger partial charge on any atom is -0.488 e. The van der Waals surface area contributed by atoms with Crippen molar-refractivity contribution in [1.29, 1.82) is 0 Å². The molecule has 1 aliphatic heterocycles. The summed E-state index contributed by atoms with van der Waals surface area (Å²) in [6, 6.07) is 18.2. The highest BCUT2D eigenvalue weighted by atomic mass is 32.1. The standard InChI is InChI=1S/C23H16FNO2S/c24-16-7-9-21-19(12-16)25-22(28-21)10-6-14-5-8-20-18(11-14)23(26)17-4-2-1-3-15(17)13-27-20/h1-12,23,26H,13H2. The first-order valence-electron chi connectivity index (χ1n) is 8.94. The van der Waals surface area contributed by atoms with Crippen molar-refractivity contribution in [2.24, 2.45) is 0 Å². The predicted molar refractivity (Wildman–Crippen MR) is 110 cm³/mol. The SMILES string of the molecule is OC1c2ccccc2COc2ccc(C=Cc3nc4cc(F)ccc4s3)cc21. The molecule has 1 aliphatic rings. The molecular weight excluding hydrogens is 373 g/mol. The molecular formula is C23H16FNO2S. The lowest BCUT2D eigenvalue weighted by atomic mass is 9.96. The van der Waals surface area contributed by atoms with Gasteiger partial charge in [-0.3, -0.25) is 0 Å². The Morgan fingerprint density at radius 2 is 1.93 bits per heavy atom. The molecule has 28 heavy (non-hydrogen) atoms. The first kappa shape index (κ1) is 17.1. The van der Waals surface area contributed by atoms with Crippen LogP contribution in [0.3, 0.4) is 0 Å². The summed E-state index contributed by atoms with van der Waals surface area (Å²) in [6.07, 6.45) is 3.12. The van der Waals surface area contributed by atoms with Gasteiger partial charge in [0.05, 0.1) is 10.2 Å². The van der Waals surface area contributed by atoms with E-state index in [1.807, 2.05) is 54.6 Å². The van der Waals surface area contributed by atoms with Crippen LogP contribution in [0.25, 0.3) is 22.4 Å². The van der Waals surface area contributed by atoms with Gasteiger partial charge >= 0.3 is 0 Å². The summed E-state index contributed by atoms with van der Waals surface area (Å²) in [7, 11) is 0. The zero-order chi connectivity index (χ0) is 19.1. The lowest BCUT2D eigenvalue weighted by Gasteiger charge is -2.13. The van der Waals surface area contributed by atoms with Crippen molar-refractivity contribution in [1.82, 2.24) is 4.98 Å². The molecule has 0 saturated carbocycles. The van der Waals surface area contributed by atoms with Crippen LogP contribution in [0, 0.1) is 5.82 Å². The molecule has 0 radical (unpaired) electrons. The Morgan fingerprint density at radius 1 is 1.04 bits per heavy atom. The first-order chi connectivity index (χ1) is 13.7. The Kier molecular flexibility index (Phi) is 4.19. The molecule has 1 aromatic heterocycles. The van der Waals surface area contributed by atoms with Gasteiger partial charge in [0.2, 0.25) is 0 Å². The molecule has 5 rings (SSSR count). The highest BCUT2D eigenvalue weighted by Crippen LogP contribution is 2.36. The van der Waals surface area contributed by atoms with Crippen molar-refractivity contribution in [3.63, 3.8) is 0 Å². The number of aliphatic hydroxyl groups is 1. The van der Waals surface area contributed by atoms with Crippen LogP contribution in [0.5, 0.6) is 5.75 Å². The summed E-state index contributed by atoms with van der Waals surface area (Å²) in [5, 5.41) is 11.7. The number of halogens is 1. The minimum absolute atomic E-state index is 0.284. The summed E-state index contributed by atoms with van der Waals surface area (Å²) in [5.41, 5.74) is 4.21. The Bertz CT molecular complexity index is 1210. The first-order valence-corrected chi connectivity index (χ1v) is 9.76. The van der Waals surface area contributed by atoms with Crippen molar-refractivity contribution >= 4 is 33.7 Å². The number of aromatic nitrogens is 1. The highest BCUT2D eigenvalue weighted by molar-refractivity contribution is 7.19. The lowest BCUT2D eigenvalue weighted by Crippen LogP contribution is -2.01. The Hall–Kier alpha value is -3.02. The third-order valence-electron chi connectivity index (χ3n) is 4.85. The van der Waals surface area contributed by atoms with Crippen molar-refractivity contribution < 1.29 is 14.2 Å². The van der Waals surface area contributed by atoms with Gasteiger partial charge in [-0.15, -0.1) is 11.3 Å². The third-order valence-corrected chi connectivity index (χ3v) is 5.85. The number of nitrogens with zero attached hydrogens (tertiary/aromatic N) is 1. The van der Waals surface area contributed by atoms with Gasteiger partial charge in [0.15, 0.2) is 0 Å². The number of hydrogen-bond acceptors (Lipinski definition) is 4.